The van der Waals surface area contributed by atoms with E-state index in [2.05, 4.69) is 55.0 Å². The molecule has 4 heteroatoms. The Morgan fingerprint density at radius 3 is 2.74 bits per heavy atom. The standard InChI is InChI=1S/C15H18N2S2/c1-10(2)12-8-15(18)17-14(16-12)9-19-13-7-5-4-6-11(13)3/h4-8,10H,9H2,1-3H3,(H,16,17,18). The van der Waals surface area contributed by atoms with E-state index in [1.54, 1.807) is 11.8 Å². The Bertz CT molecular complexity index is 618. The molecule has 1 N–H and O–H groups in total. The second kappa shape index (κ2) is 6.35. The van der Waals surface area contributed by atoms with Crippen LogP contribution in [-0.4, -0.2) is 9.97 Å². The van der Waals surface area contributed by atoms with E-state index in [0.29, 0.717) is 10.6 Å². The number of aromatic amines is 1. The SMILES string of the molecule is Cc1ccccc1SCc1nc(=S)cc(C(C)C)[nH]1. The lowest BCUT2D eigenvalue weighted by atomic mass is 10.1. The molecule has 0 aliphatic rings. The Labute approximate surface area is 123 Å². The molecule has 1 aromatic carbocycles. The van der Waals surface area contributed by atoms with Crippen LogP contribution >= 0.6 is 24.0 Å². The van der Waals surface area contributed by atoms with Gasteiger partial charge in [-0.15, -0.1) is 11.8 Å². The molecule has 2 rings (SSSR count). The van der Waals surface area contributed by atoms with Gasteiger partial charge in [-0.05, 0) is 30.5 Å². The normalized spacial score (nSPS) is 10.9. The first-order valence-corrected chi connectivity index (χ1v) is 7.74. The van der Waals surface area contributed by atoms with Gasteiger partial charge in [0.25, 0.3) is 0 Å². The molecule has 1 aromatic heterocycles. The van der Waals surface area contributed by atoms with Gasteiger partial charge in [0.05, 0.1) is 5.75 Å². The van der Waals surface area contributed by atoms with Gasteiger partial charge in [-0.25, -0.2) is 4.98 Å². The number of hydrogen-bond donors (Lipinski definition) is 1. The number of H-pyrrole nitrogens is 1. The van der Waals surface area contributed by atoms with Gasteiger partial charge in [-0.2, -0.15) is 0 Å². The number of hydrogen-bond acceptors (Lipinski definition) is 3. The van der Waals surface area contributed by atoms with Gasteiger partial charge >= 0.3 is 0 Å². The maximum atomic E-state index is 5.22. The van der Waals surface area contributed by atoms with E-state index >= 15 is 0 Å². The van der Waals surface area contributed by atoms with Gasteiger partial charge in [0, 0.05) is 10.6 Å². The fourth-order valence-corrected chi connectivity index (χ4v) is 2.91. The summed E-state index contributed by atoms with van der Waals surface area (Å²) in [5, 5.41) is 0. The highest BCUT2D eigenvalue weighted by Crippen LogP contribution is 2.25. The van der Waals surface area contributed by atoms with Gasteiger partial charge in [0.2, 0.25) is 0 Å². The molecule has 0 bridgehead atoms. The first-order valence-electron chi connectivity index (χ1n) is 6.35. The van der Waals surface area contributed by atoms with E-state index in [-0.39, 0.29) is 0 Å². The molecule has 0 unspecified atom stereocenters. The maximum Gasteiger partial charge on any atom is 0.130 e. The first kappa shape index (κ1) is 14.3. The van der Waals surface area contributed by atoms with Crippen LogP contribution in [-0.2, 0) is 5.75 Å². The summed E-state index contributed by atoms with van der Waals surface area (Å²) < 4.78 is 0.669. The van der Waals surface area contributed by atoms with E-state index in [1.807, 2.05) is 6.07 Å². The lowest BCUT2D eigenvalue weighted by Gasteiger charge is -2.09. The second-order valence-corrected chi connectivity index (χ2v) is 6.27. The molecule has 2 nitrogen and oxygen atoms in total. The molecule has 0 saturated heterocycles. The Balaban J connectivity index is 2.16. The highest BCUT2D eigenvalue weighted by Gasteiger charge is 2.05. The van der Waals surface area contributed by atoms with Crippen LogP contribution in [0.4, 0.5) is 0 Å². The molecule has 19 heavy (non-hydrogen) atoms. The summed E-state index contributed by atoms with van der Waals surface area (Å²) in [7, 11) is 0. The topological polar surface area (TPSA) is 28.7 Å². The third-order valence-electron chi connectivity index (χ3n) is 2.89. The minimum Gasteiger partial charge on any atom is -0.346 e. The van der Waals surface area contributed by atoms with Crippen LogP contribution in [0.1, 0.15) is 36.8 Å². The molecule has 0 spiro atoms. The van der Waals surface area contributed by atoms with Crippen LogP contribution in [0.5, 0.6) is 0 Å². The number of nitrogens with zero attached hydrogens (tertiary/aromatic N) is 1. The highest BCUT2D eigenvalue weighted by molar-refractivity contribution is 7.98. The minimum atomic E-state index is 0.437. The third-order valence-corrected chi connectivity index (χ3v) is 4.29. The van der Waals surface area contributed by atoms with Crippen LogP contribution in [0, 0.1) is 11.6 Å². The van der Waals surface area contributed by atoms with Crippen LogP contribution in [0.15, 0.2) is 35.2 Å². The van der Waals surface area contributed by atoms with Crippen molar-refractivity contribution in [3.8, 4) is 0 Å². The van der Waals surface area contributed by atoms with E-state index in [9.17, 15) is 0 Å². The molecule has 0 amide bonds. The minimum absolute atomic E-state index is 0.437. The lowest BCUT2D eigenvalue weighted by molar-refractivity contribution is 0.797. The molecule has 0 aliphatic heterocycles. The number of aryl methyl sites for hydroxylation is 1. The monoisotopic (exact) mass is 290 g/mol. The summed E-state index contributed by atoms with van der Waals surface area (Å²) in [5.41, 5.74) is 2.45. The molecule has 1 heterocycles. The molecule has 0 radical (unpaired) electrons. The summed E-state index contributed by atoms with van der Waals surface area (Å²) in [6.07, 6.45) is 0. The number of aromatic nitrogens is 2. The molecular weight excluding hydrogens is 272 g/mol. The molecule has 0 fully saturated rings. The van der Waals surface area contributed by atoms with Crippen molar-refractivity contribution in [1.29, 1.82) is 0 Å². The quantitative estimate of drug-likeness (QED) is 0.643. The number of nitrogens with one attached hydrogen (secondary N) is 1. The average molecular weight is 290 g/mol. The number of thioether (sulfide) groups is 1. The van der Waals surface area contributed by atoms with Crippen molar-refractivity contribution in [2.45, 2.75) is 37.3 Å². The fraction of sp³-hybridized carbons (Fsp3) is 0.333. The van der Waals surface area contributed by atoms with Crippen LogP contribution < -0.4 is 0 Å². The van der Waals surface area contributed by atoms with Crippen LogP contribution in [0.25, 0.3) is 0 Å². The maximum absolute atomic E-state index is 5.22. The van der Waals surface area contributed by atoms with Gasteiger partial charge in [0.1, 0.15) is 10.5 Å². The largest absolute Gasteiger partial charge is 0.346 e. The van der Waals surface area contributed by atoms with E-state index in [4.69, 9.17) is 12.2 Å². The summed E-state index contributed by atoms with van der Waals surface area (Å²) in [6.45, 7) is 6.43. The molecule has 100 valence electrons. The van der Waals surface area contributed by atoms with Crippen molar-refractivity contribution in [1.82, 2.24) is 9.97 Å². The lowest BCUT2D eigenvalue weighted by Crippen LogP contribution is -2.00. The van der Waals surface area contributed by atoms with Gasteiger partial charge in [-0.3, -0.25) is 0 Å². The Morgan fingerprint density at radius 1 is 1.32 bits per heavy atom. The van der Waals surface area contributed by atoms with Gasteiger partial charge in [-0.1, -0.05) is 44.3 Å². The third kappa shape index (κ3) is 3.91. The zero-order valence-electron chi connectivity index (χ0n) is 11.4. The first-order chi connectivity index (χ1) is 9.06. The second-order valence-electron chi connectivity index (χ2n) is 4.83. The fourth-order valence-electron chi connectivity index (χ4n) is 1.77. The van der Waals surface area contributed by atoms with E-state index < -0.39 is 0 Å². The predicted octanol–water partition coefficient (Wildman–Crippen LogP) is 4.86. The van der Waals surface area contributed by atoms with Crippen molar-refractivity contribution in [2.24, 2.45) is 0 Å². The zero-order valence-corrected chi connectivity index (χ0v) is 13.1. The van der Waals surface area contributed by atoms with E-state index in [1.165, 1.54) is 10.5 Å². The summed E-state index contributed by atoms with van der Waals surface area (Å²) in [4.78, 5) is 9.07. The highest BCUT2D eigenvalue weighted by atomic mass is 32.2. The number of rotatable bonds is 4. The van der Waals surface area contributed by atoms with Crippen LogP contribution in [0.2, 0.25) is 0 Å². The molecule has 2 aromatic rings. The average Bonchev–Trinajstić information content (AvgIpc) is 2.37. The van der Waals surface area contributed by atoms with Crippen molar-refractivity contribution in [3.63, 3.8) is 0 Å². The van der Waals surface area contributed by atoms with Gasteiger partial charge < -0.3 is 4.98 Å². The van der Waals surface area contributed by atoms with Crippen LogP contribution in [0.3, 0.4) is 0 Å². The predicted molar refractivity (Wildman–Crippen MR) is 84.3 cm³/mol. The van der Waals surface area contributed by atoms with Gasteiger partial charge in [0.15, 0.2) is 0 Å². The number of benzene rings is 1. The van der Waals surface area contributed by atoms with E-state index in [0.717, 1.165) is 17.3 Å². The molecule has 0 atom stereocenters. The summed E-state index contributed by atoms with van der Waals surface area (Å²) >= 11 is 7.01. The molecular formula is C15H18N2S2. The van der Waals surface area contributed by atoms with Crippen molar-refractivity contribution < 1.29 is 0 Å². The molecule has 0 aliphatic carbocycles. The smallest absolute Gasteiger partial charge is 0.130 e. The van der Waals surface area contributed by atoms with Crippen molar-refractivity contribution in [2.75, 3.05) is 0 Å². The van der Waals surface area contributed by atoms with Crippen molar-refractivity contribution in [3.05, 3.63) is 52.1 Å². The van der Waals surface area contributed by atoms with Crippen molar-refractivity contribution >= 4 is 24.0 Å². The Morgan fingerprint density at radius 2 is 2.05 bits per heavy atom. The summed E-state index contributed by atoms with van der Waals surface area (Å²) in [5.74, 6) is 2.20. The molecule has 0 saturated carbocycles. The zero-order chi connectivity index (χ0) is 13.8. The summed E-state index contributed by atoms with van der Waals surface area (Å²) in [6, 6.07) is 10.3. The Kier molecular flexibility index (Phi) is 4.77. The Hall–Kier alpha value is -1.13.